The van der Waals surface area contributed by atoms with Crippen LogP contribution < -0.4 is 14.5 Å². The SMILES string of the molecule is COc1ccc(N2C(=O)c3cccc(N4CCC(C(=O)N5CCCC[C@@H]5c5cccnc5)CC4)c3C2=O)cc1. The van der Waals surface area contributed by atoms with Crippen molar-refractivity contribution in [1.29, 1.82) is 0 Å². The summed E-state index contributed by atoms with van der Waals surface area (Å²) in [5.74, 6) is 0.187. The number of ether oxygens (including phenoxy) is 1. The number of likely N-dealkylation sites (tertiary alicyclic amines) is 1. The second-order valence-corrected chi connectivity index (χ2v) is 10.4. The van der Waals surface area contributed by atoms with Gasteiger partial charge in [-0.1, -0.05) is 12.1 Å². The summed E-state index contributed by atoms with van der Waals surface area (Å²) in [5, 5.41) is 0. The second kappa shape index (κ2) is 10.5. The van der Waals surface area contributed by atoms with Crippen molar-refractivity contribution in [2.45, 2.75) is 38.1 Å². The Bertz CT molecular complexity index is 1380. The van der Waals surface area contributed by atoms with E-state index < -0.39 is 0 Å². The molecule has 2 saturated heterocycles. The van der Waals surface area contributed by atoms with Gasteiger partial charge in [0.15, 0.2) is 0 Å². The number of hydrogen-bond donors (Lipinski definition) is 0. The molecule has 1 atom stereocenters. The minimum atomic E-state index is -0.321. The molecule has 4 heterocycles. The molecule has 3 aliphatic rings. The van der Waals surface area contributed by atoms with Crippen LogP contribution in [0.3, 0.4) is 0 Å². The van der Waals surface area contributed by atoms with Crippen molar-refractivity contribution >= 4 is 29.1 Å². The van der Waals surface area contributed by atoms with Crippen LogP contribution in [0.15, 0.2) is 67.0 Å². The number of benzene rings is 2. The van der Waals surface area contributed by atoms with E-state index in [-0.39, 0.29) is 29.7 Å². The Kier molecular flexibility index (Phi) is 6.77. The molecule has 0 saturated carbocycles. The minimum absolute atomic E-state index is 0.0524. The number of piperidine rings is 2. The van der Waals surface area contributed by atoms with Crippen LogP contribution in [0.4, 0.5) is 11.4 Å². The van der Waals surface area contributed by atoms with E-state index in [2.05, 4.69) is 20.9 Å². The summed E-state index contributed by atoms with van der Waals surface area (Å²) in [6.45, 7) is 2.09. The maximum Gasteiger partial charge on any atom is 0.268 e. The summed E-state index contributed by atoms with van der Waals surface area (Å²) >= 11 is 0. The van der Waals surface area contributed by atoms with Crippen LogP contribution in [0, 0.1) is 5.92 Å². The fraction of sp³-hybridized carbons (Fsp3) is 0.355. The Morgan fingerprint density at radius 1 is 0.897 bits per heavy atom. The summed E-state index contributed by atoms with van der Waals surface area (Å²) in [6, 6.07) is 16.5. The third-order valence-electron chi connectivity index (χ3n) is 8.26. The van der Waals surface area contributed by atoms with E-state index in [1.54, 1.807) is 43.6 Å². The predicted octanol–water partition coefficient (Wildman–Crippen LogP) is 4.86. The number of nitrogens with zero attached hydrogens (tertiary/aromatic N) is 4. The van der Waals surface area contributed by atoms with Gasteiger partial charge in [-0.3, -0.25) is 19.4 Å². The largest absolute Gasteiger partial charge is 0.497 e. The molecular formula is C31H32N4O4. The molecule has 0 bridgehead atoms. The molecule has 6 rings (SSSR count). The standard InChI is InChI=1S/C31H32N4O4/c1-39-24-12-10-23(11-13-24)35-30(37)25-7-4-9-27(28(25)31(35)38)33-18-14-21(15-19-33)29(36)34-17-3-2-8-26(34)22-6-5-16-32-20-22/h4-7,9-13,16,20-21,26H,2-3,8,14-15,17-19H2,1H3/t26-/m1/s1. The van der Waals surface area contributed by atoms with Gasteiger partial charge in [-0.2, -0.15) is 0 Å². The van der Waals surface area contributed by atoms with Gasteiger partial charge in [0.25, 0.3) is 11.8 Å². The lowest BCUT2D eigenvalue weighted by Crippen LogP contribution is -2.46. The summed E-state index contributed by atoms with van der Waals surface area (Å²) < 4.78 is 5.21. The van der Waals surface area contributed by atoms with Gasteiger partial charge in [0.2, 0.25) is 5.91 Å². The van der Waals surface area contributed by atoms with Gasteiger partial charge in [-0.15, -0.1) is 0 Å². The maximum atomic E-state index is 13.7. The van der Waals surface area contributed by atoms with Gasteiger partial charge in [0.1, 0.15) is 5.75 Å². The topological polar surface area (TPSA) is 83.1 Å². The zero-order valence-corrected chi connectivity index (χ0v) is 22.1. The van der Waals surface area contributed by atoms with E-state index in [9.17, 15) is 14.4 Å². The van der Waals surface area contributed by atoms with Crippen molar-refractivity contribution in [3.05, 3.63) is 83.7 Å². The van der Waals surface area contributed by atoms with Crippen molar-refractivity contribution < 1.29 is 19.1 Å². The van der Waals surface area contributed by atoms with Crippen LogP contribution in [-0.2, 0) is 4.79 Å². The van der Waals surface area contributed by atoms with Gasteiger partial charge in [-0.25, -0.2) is 4.90 Å². The van der Waals surface area contributed by atoms with E-state index >= 15 is 0 Å². The number of anilines is 2. The number of amides is 3. The average molecular weight is 525 g/mol. The van der Waals surface area contributed by atoms with Crippen molar-refractivity contribution in [3.63, 3.8) is 0 Å². The molecule has 1 aromatic heterocycles. The first kappa shape index (κ1) is 25.1. The Morgan fingerprint density at radius 3 is 2.41 bits per heavy atom. The molecule has 0 spiro atoms. The van der Waals surface area contributed by atoms with Gasteiger partial charge in [0.05, 0.1) is 35.7 Å². The Labute approximate surface area is 228 Å². The third kappa shape index (κ3) is 4.54. The van der Waals surface area contributed by atoms with E-state index in [1.165, 1.54) is 4.90 Å². The molecule has 0 N–H and O–H groups in total. The molecule has 0 radical (unpaired) electrons. The van der Waals surface area contributed by atoms with Gasteiger partial charge in [0, 0.05) is 37.9 Å². The molecule has 39 heavy (non-hydrogen) atoms. The molecule has 3 amide bonds. The molecule has 2 fully saturated rings. The smallest absolute Gasteiger partial charge is 0.268 e. The normalized spacial score (nSPS) is 19.8. The Hall–Kier alpha value is -4.20. The van der Waals surface area contributed by atoms with E-state index in [0.717, 1.165) is 37.1 Å². The van der Waals surface area contributed by atoms with Gasteiger partial charge in [-0.05, 0) is 80.1 Å². The van der Waals surface area contributed by atoms with Crippen LogP contribution in [0.5, 0.6) is 5.75 Å². The molecule has 0 unspecified atom stereocenters. The van der Waals surface area contributed by atoms with Gasteiger partial charge >= 0.3 is 0 Å². The highest BCUT2D eigenvalue weighted by atomic mass is 16.5. The lowest BCUT2D eigenvalue weighted by molar-refractivity contribution is -0.140. The number of aromatic nitrogens is 1. The second-order valence-electron chi connectivity index (χ2n) is 10.4. The fourth-order valence-corrected chi connectivity index (χ4v) is 6.21. The van der Waals surface area contributed by atoms with Crippen LogP contribution in [0.2, 0.25) is 0 Å². The summed E-state index contributed by atoms with van der Waals surface area (Å²) in [7, 11) is 1.58. The Balaban J connectivity index is 1.18. The highest BCUT2D eigenvalue weighted by molar-refractivity contribution is 6.36. The molecule has 0 aliphatic carbocycles. The van der Waals surface area contributed by atoms with Crippen molar-refractivity contribution in [2.75, 3.05) is 36.5 Å². The summed E-state index contributed by atoms with van der Waals surface area (Å²) in [4.78, 5) is 50.2. The van der Waals surface area contributed by atoms with Crippen molar-refractivity contribution in [3.8, 4) is 5.75 Å². The lowest BCUT2D eigenvalue weighted by atomic mass is 9.90. The monoisotopic (exact) mass is 524 g/mol. The molecule has 200 valence electrons. The Morgan fingerprint density at radius 2 is 1.69 bits per heavy atom. The first-order valence-electron chi connectivity index (χ1n) is 13.7. The molecule has 3 aliphatic heterocycles. The number of imide groups is 1. The predicted molar refractivity (Wildman–Crippen MR) is 148 cm³/mol. The molecule has 3 aromatic rings. The van der Waals surface area contributed by atoms with Crippen molar-refractivity contribution in [1.82, 2.24) is 9.88 Å². The van der Waals surface area contributed by atoms with Crippen molar-refractivity contribution in [2.24, 2.45) is 5.92 Å². The zero-order chi connectivity index (χ0) is 26.9. The molecule has 8 heteroatoms. The first-order valence-corrected chi connectivity index (χ1v) is 13.7. The number of carbonyl (C=O) groups is 3. The van der Waals surface area contributed by atoms with Gasteiger partial charge < -0.3 is 14.5 Å². The lowest BCUT2D eigenvalue weighted by Gasteiger charge is -2.40. The average Bonchev–Trinajstić information content (AvgIpc) is 3.26. The summed E-state index contributed by atoms with van der Waals surface area (Å²) in [5.41, 5.74) is 3.24. The highest BCUT2D eigenvalue weighted by Gasteiger charge is 2.41. The summed E-state index contributed by atoms with van der Waals surface area (Å²) in [6.07, 6.45) is 8.17. The van der Waals surface area contributed by atoms with Crippen LogP contribution in [0.25, 0.3) is 0 Å². The van der Waals surface area contributed by atoms with Crippen LogP contribution in [0.1, 0.15) is 64.4 Å². The van der Waals surface area contributed by atoms with E-state index in [4.69, 9.17) is 4.74 Å². The fourth-order valence-electron chi connectivity index (χ4n) is 6.21. The number of methoxy groups -OCH3 is 1. The number of fused-ring (bicyclic) bond motifs is 1. The van der Waals surface area contributed by atoms with Crippen LogP contribution >= 0.6 is 0 Å². The third-order valence-corrected chi connectivity index (χ3v) is 8.26. The molecule has 8 nitrogen and oxygen atoms in total. The molecule has 2 aromatic carbocycles. The van der Waals surface area contributed by atoms with Crippen LogP contribution in [-0.4, -0.2) is 54.3 Å². The number of hydrogen-bond acceptors (Lipinski definition) is 6. The maximum absolute atomic E-state index is 13.7. The van der Waals surface area contributed by atoms with E-state index in [0.29, 0.717) is 48.5 Å². The first-order chi connectivity index (χ1) is 19.1. The zero-order valence-electron chi connectivity index (χ0n) is 22.1. The minimum Gasteiger partial charge on any atom is -0.497 e. The van der Waals surface area contributed by atoms with E-state index in [1.807, 2.05) is 24.4 Å². The molecular weight excluding hydrogens is 492 g/mol. The number of rotatable bonds is 5. The highest BCUT2D eigenvalue weighted by Crippen LogP contribution is 2.38. The number of pyridine rings is 1. The number of carbonyl (C=O) groups excluding carboxylic acids is 3. The quantitative estimate of drug-likeness (QED) is 0.444.